The maximum atomic E-state index is 14.5. The molecule has 1 saturated heterocycles. The molecule has 1 aliphatic rings. The monoisotopic (exact) mass is 617 g/mol. The van der Waals surface area contributed by atoms with Gasteiger partial charge in [0.05, 0.1) is 7.11 Å². The zero-order valence-electron chi connectivity index (χ0n) is 23.1. The minimum Gasteiger partial charge on any atom is -0.497 e. The highest BCUT2D eigenvalue weighted by molar-refractivity contribution is 8.14. The maximum Gasteiger partial charge on any atom is 0.356 e. The van der Waals surface area contributed by atoms with Gasteiger partial charge < -0.3 is 9.47 Å². The van der Waals surface area contributed by atoms with Crippen molar-refractivity contribution in [1.82, 2.24) is 4.90 Å². The third kappa shape index (κ3) is 5.65. The fraction of sp³-hybridized carbons (Fsp3) is 0.152. The van der Waals surface area contributed by atoms with Crippen LogP contribution in [0, 0.1) is 0 Å². The second-order valence-corrected chi connectivity index (χ2v) is 14.6. The molecule has 0 N–H and O–H groups in total. The summed E-state index contributed by atoms with van der Waals surface area (Å²) in [4.78, 5) is 41.9. The van der Waals surface area contributed by atoms with Crippen molar-refractivity contribution < 1.29 is 23.9 Å². The summed E-state index contributed by atoms with van der Waals surface area (Å²) in [5, 5.41) is 0.629. The minimum absolute atomic E-state index is 0.0262. The van der Waals surface area contributed by atoms with Crippen molar-refractivity contribution in [3.63, 3.8) is 0 Å². The Labute approximate surface area is 254 Å². The van der Waals surface area contributed by atoms with Gasteiger partial charge in [-0.2, -0.15) is 0 Å². The number of halogens is 1. The number of amides is 1. The van der Waals surface area contributed by atoms with E-state index in [0.29, 0.717) is 5.75 Å². The van der Waals surface area contributed by atoms with Crippen LogP contribution in [0.25, 0.3) is 0 Å². The van der Waals surface area contributed by atoms with Crippen molar-refractivity contribution in [2.75, 3.05) is 7.11 Å². The number of esters is 1. The number of β-lactam (4-membered cyclic amide) rings is 1. The van der Waals surface area contributed by atoms with Gasteiger partial charge in [-0.15, -0.1) is 11.6 Å². The van der Waals surface area contributed by atoms with Crippen LogP contribution in [0.5, 0.6) is 5.75 Å². The Kier molecular flexibility index (Phi) is 9.22. The number of hydrogen-bond donors (Lipinski definition) is 0. The quantitative estimate of drug-likeness (QED) is 0.115. The number of carbonyl (C=O) groups is 3. The summed E-state index contributed by atoms with van der Waals surface area (Å²) in [6.07, 6.45) is 0. The Morgan fingerprint density at radius 3 is 1.71 bits per heavy atom. The van der Waals surface area contributed by atoms with Gasteiger partial charge in [-0.25, -0.2) is 4.79 Å². The first-order chi connectivity index (χ1) is 20.4. The molecule has 214 valence electrons. The van der Waals surface area contributed by atoms with Gasteiger partial charge in [0.2, 0.25) is 5.91 Å². The lowest BCUT2D eigenvalue weighted by atomic mass is 10.2. The molecule has 1 fully saturated rings. The van der Waals surface area contributed by atoms with Crippen molar-refractivity contribution in [1.29, 1.82) is 0 Å². The highest BCUT2D eigenvalue weighted by atomic mass is 35.5. The van der Waals surface area contributed by atoms with E-state index in [1.54, 1.807) is 19.2 Å². The molecule has 0 unspecified atom stereocenters. The minimum atomic E-state index is -3.08. The second-order valence-electron chi connectivity index (χ2n) is 9.54. The highest BCUT2D eigenvalue weighted by Gasteiger charge is 2.54. The van der Waals surface area contributed by atoms with Crippen LogP contribution in [-0.2, 0) is 25.7 Å². The van der Waals surface area contributed by atoms with E-state index in [9.17, 15) is 14.4 Å². The van der Waals surface area contributed by atoms with Gasteiger partial charge in [0.25, 0.3) is 0 Å². The normalized spacial score (nSPS) is 16.4. The van der Waals surface area contributed by atoms with Crippen molar-refractivity contribution >= 4 is 68.6 Å². The third-order valence-electron chi connectivity index (χ3n) is 6.95. The van der Waals surface area contributed by atoms with E-state index in [1.165, 1.54) is 11.8 Å². The molecule has 0 saturated carbocycles. The molecular weight excluding hydrogens is 589 g/mol. The van der Waals surface area contributed by atoms with Crippen LogP contribution >= 0.6 is 30.2 Å². The van der Waals surface area contributed by atoms with Gasteiger partial charge >= 0.3 is 5.97 Å². The molecule has 0 aliphatic carbocycles. The molecule has 1 heterocycles. The number of alkyl halides is 1. The van der Waals surface area contributed by atoms with Gasteiger partial charge in [0.1, 0.15) is 28.5 Å². The summed E-state index contributed by atoms with van der Waals surface area (Å²) in [5.74, 6) is -0.413. The largest absolute Gasteiger partial charge is 0.497 e. The van der Waals surface area contributed by atoms with Crippen molar-refractivity contribution in [2.45, 2.75) is 24.3 Å². The summed E-state index contributed by atoms with van der Waals surface area (Å²) in [7, 11) is 1.58. The van der Waals surface area contributed by atoms with E-state index < -0.39 is 29.5 Å². The number of thioether (sulfide) groups is 1. The van der Waals surface area contributed by atoms with E-state index in [2.05, 4.69) is 0 Å². The van der Waals surface area contributed by atoms with Gasteiger partial charge in [-0.3, -0.25) is 14.5 Å². The summed E-state index contributed by atoms with van der Waals surface area (Å²) in [6.45, 7) is -1.68. The molecule has 6 nitrogen and oxygen atoms in total. The van der Waals surface area contributed by atoms with Gasteiger partial charge in [-0.05, 0) is 33.6 Å². The average molecular weight is 618 g/mol. The molecule has 42 heavy (non-hydrogen) atoms. The number of carbonyl (C=O) groups excluding carboxylic acids is 3. The molecule has 4 aromatic rings. The summed E-state index contributed by atoms with van der Waals surface area (Å²) < 4.78 is 11.3. The summed E-state index contributed by atoms with van der Waals surface area (Å²) in [5.41, 5.74) is 0.937. The predicted molar refractivity (Wildman–Crippen MR) is 171 cm³/mol. The molecule has 9 heteroatoms. The number of likely N-dealkylation sites (tertiary alicyclic amines) is 1. The zero-order valence-corrected chi connectivity index (χ0v) is 25.5. The van der Waals surface area contributed by atoms with Gasteiger partial charge in [0.15, 0.2) is 5.12 Å². The Morgan fingerprint density at radius 1 is 0.810 bits per heavy atom. The molecule has 1 amide bonds. The van der Waals surface area contributed by atoms with Crippen LogP contribution in [0.2, 0.25) is 0 Å². The predicted octanol–water partition coefficient (Wildman–Crippen LogP) is 4.92. The Bertz CT molecular complexity index is 1530. The van der Waals surface area contributed by atoms with E-state index in [4.69, 9.17) is 21.1 Å². The van der Waals surface area contributed by atoms with Crippen molar-refractivity contribution in [2.24, 2.45) is 0 Å². The highest BCUT2D eigenvalue weighted by Crippen LogP contribution is 2.50. The molecule has 0 bridgehead atoms. The number of benzene rings is 4. The number of nitrogens with zero attached hydrogens (tertiary/aromatic N) is 1. The lowest BCUT2D eigenvalue weighted by Crippen LogP contribution is -2.65. The van der Waals surface area contributed by atoms with Gasteiger partial charge in [0, 0.05) is 13.8 Å². The molecule has 4 aromatic carbocycles. The average Bonchev–Trinajstić information content (AvgIpc) is 3.04. The topological polar surface area (TPSA) is 72.9 Å². The van der Waals surface area contributed by atoms with Crippen LogP contribution < -0.4 is 20.7 Å². The standard InChI is InChI=1S/C33H29ClNO5PS/c1-23(36)42-32-29(34)30(37)35(32)31(33(38)40-22-24-18-20-25(39-2)21-19-24)41(26-12-6-3-7-13-26,27-14-8-4-9-15-27)28-16-10-5-11-17-28/h3-21,29,32H,22H2,1-2H3/t29-,32+/m0/s1. The first-order valence-electron chi connectivity index (χ1n) is 13.3. The molecule has 1 aliphatic heterocycles. The third-order valence-corrected chi connectivity index (χ3v) is 12.8. The van der Waals surface area contributed by atoms with Crippen LogP contribution in [0.1, 0.15) is 12.5 Å². The summed E-state index contributed by atoms with van der Waals surface area (Å²) >= 11 is 7.45. The van der Waals surface area contributed by atoms with E-state index in [-0.39, 0.29) is 17.1 Å². The van der Waals surface area contributed by atoms with Crippen LogP contribution in [-0.4, -0.2) is 45.2 Å². The van der Waals surface area contributed by atoms with Crippen molar-refractivity contribution in [3.05, 3.63) is 121 Å². The molecule has 0 aromatic heterocycles. The first-order valence-corrected chi connectivity index (χ1v) is 16.4. The molecular formula is C33H29ClNO5PS. The maximum absolute atomic E-state index is 14.5. The molecule has 5 rings (SSSR count). The van der Waals surface area contributed by atoms with E-state index in [1.807, 2.05) is 103 Å². The molecule has 0 radical (unpaired) electrons. The van der Waals surface area contributed by atoms with Crippen LogP contribution in [0.4, 0.5) is 0 Å². The van der Waals surface area contributed by atoms with Gasteiger partial charge in [-0.1, -0.05) is 115 Å². The van der Waals surface area contributed by atoms with Crippen molar-refractivity contribution in [3.8, 4) is 5.75 Å². The first kappa shape index (κ1) is 29.7. The van der Waals surface area contributed by atoms with Crippen LogP contribution in [0.3, 0.4) is 0 Å². The van der Waals surface area contributed by atoms with E-state index in [0.717, 1.165) is 33.2 Å². The molecule has 0 spiro atoms. The SMILES string of the molecule is COc1ccc(COC(=O)C(N2C(=O)[C@H](Cl)[C@H]2SC(C)=O)=P(c2ccccc2)(c2ccccc2)c2ccccc2)cc1. The fourth-order valence-corrected chi connectivity index (χ4v) is 10.7. The smallest absolute Gasteiger partial charge is 0.356 e. The number of hydrogen-bond acceptors (Lipinski definition) is 6. The van der Waals surface area contributed by atoms with Crippen LogP contribution in [0.15, 0.2) is 115 Å². The Balaban J connectivity index is 1.82. The second kappa shape index (κ2) is 13.0. The number of rotatable bonds is 9. The molecule has 2 atom stereocenters. The number of ether oxygens (including phenoxy) is 2. The zero-order chi connectivity index (χ0) is 29.7. The lowest BCUT2D eigenvalue weighted by Gasteiger charge is -2.46. The lowest BCUT2D eigenvalue weighted by molar-refractivity contribution is -0.142. The fourth-order valence-electron chi connectivity index (χ4n) is 5.04. The Hall–Kier alpha value is -3.77. The summed E-state index contributed by atoms with van der Waals surface area (Å²) in [6, 6.07) is 36.3. The Morgan fingerprint density at radius 2 is 1.29 bits per heavy atom. The number of methoxy groups -OCH3 is 1. The van der Waals surface area contributed by atoms with E-state index >= 15 is 0 Å².